The van der Waals surface area contributed by atoms with Crippen LogP contribution in [0, 0.1) is 0 Å². The predicted molar refractivity (Wildman–Crippen MR) is 147 cm³/mol. The number of unbranched alkanes of at least 4 members (excludes halogenated alkanes) is 5. The van der Waals surface area contributed by atoms with Crippen LogP contribution in [-0.2, 0) is 27.2 Å². The van der Waals surface area contributed by atoms with Gasteiger partial charge in [-0.15, -0.1) is 0 Å². The third kappa shape index (κ3) is 10.5. The highest BCUT2D eigenvalue weighted by Crippen LogP contribution is 2.27. The number of ether oxygens (including phenoxy) is 1. The van der Waals surface area contributed by atoms with Crippen LogP contribution >= 0.6 is 0 Å². The molecule has 188 valence electrons. The topological polar surface area (TPSA) is 43.4 Å². The van der Waals surface area contributed by atoms with Crippen LogP contribution in [0.4, 0.5) is 0 Å². The van der Waals surface area contributed by atoms with Crippen molar-refractivity contribution in [1.82, 2.24) is 0 Å². The van der Waals surface area contributed by atoms with Gasteiger partial charge in [-0.25, -0.2) is 4.79 Å². The Bertz CT molecular complexity index is 982. The van der Waals surface area contributed by atoms with Gasteiger partial charge in [0.05, 0.1) is 6.61 Å². The SMILES string of the molecule is C=C(C)C(=O)OCCCCCCCC(=O)/C=C/c1ccc(-c2ccc(CC)cc2)c(CCCC)c1. The molecule has 0 heterocycles. The zero-order chi connectivity index (χ0) is 25.5. The number of rotatable bonds is 16. The fraction of sp³-hybridized carbons (Fsp3) is 0.438. The maximum Gasteiger partial charge on any atom is 0.333 e. The van der Waals surface area contributed by atoms with E-state index in [2.05, 4.69) is 62.9 Å². The van der Waals surface area contributed by atoms with Crippen molar-refractivity contribution in [3.63, 3.8) is 0 Å². The first-order valence-electron chi connectivity index (χ1n) is 13.2. The van der Waals surface area contributed by atoms with Gasteiger partial charge in [0.15, 0.2) is 5.78 Å². The molecular formula is C32H42O3. The van der Waals surface area contributed by atoms with E-state index in [0.29, 0.717) is 18.6 Å². The lowest BCUT2D eigenvalue weighted by Gasteiger charge is -2.12. The molecule has 3 nitrogen and oxygen atoms in total. The second kappa shape index (κ2) is 15.9. The predicted octanol–water partition coefficient (Wildman–Crippen LogP) is 8.30. The summed E-state index contributed by atoms with van der Waals surface area (Å²) in [6, 6.07) is 15.4. The Morgan fingerprint density at radius 2 is 1.63 bits per heavy atom. The Kier molecular flexibility index (Phi) is 12.8. The first kappa shape index (κ1) is 28.3. The first-order chi connectivity index (χ1) is 16.9. The van der Waals surface area contributed by atoms with Crippen LogP contribution in [0.3, 0.4) is 0 Å². The Morgan fingerprint density at radius 3 is 2.31 bits per heavy atom. The van der Waals surface area contributed by atoms with Crippen LogP contribution in [0.15, 0.2) is 60.7 Å². The summed E-state index contributed by atoms with van der Waals surface area (Å²) in [6.07, 6.45) is 13.5. The number of carbonyl (C=O) groups is 2. The van der Waals surface area contributed by atoms with Crippen LogP contribution in [0.5, 0.6) is 0 Å². The number of aryl methyl sites for hydroxylation is 2. The third-order valence-corrected chi connectivity index (χ3v) is 6.21. The second-order valence-electron chi connectivity index (χ2n) is 9.30. The van der Waals surface area contributed by atoms with Crippen molar-refractivity contribution in [3.05, 3.63) is 77.4 Å². The number of benzene rings is 2. The van der Waals surface area contributed by atoms with Crippen molar-refractivity contribution < 1.29 is 14.3 Å². The monoisotopic (exact) mass is 474 g/mol. The summed E-state index contributed by atoms with van der Waals surface area (Å²) in [7, 11) is 0. The van der Waals surface area contributed by atoms with Crippen molar-refractivity contribution in [2.24, 2.45) is 0 Å². The van der Waals surface area contributed by atoms with E-state index in [1.165, 1.54) is 22.3 Å². The fourth-order valence-electron chi connectivity index (χ4n) is 3.99. The molecule has 3 heteroatoms. The van der Waals surface area contributed by atoms with E-state index in [1.807, 2.05) is 6.08 Å². The highest BCUT2D eigenvalue weighted by Gasteiger charge is 2.07. The third-order valence-electron chi connectivity index (χ3n) is 6.21. The van der Waals surface area contributed by atoms with Crippen molar-refractivity contribution in [1.29, 1.82) is 0 Å². The summed E-state index contributed by atoms with van der Waals surface area (Å²) >= 11 is 0. The van der Waals surface area contributed by atoms with Gasteiger partial charge in [0.2, 0.25) is 0 Å². The van der Waals surface area contributed by atoms with Crippen molar-refractivity contribution in [2.45, 2.75) is 85.0 Å². The van der Waals surface area contributed by atoms with E-state index < -0.39 is 0 Å². The lowest BCUT2D eigenvalue weighted by molar-refractivity contribution is -0.139. The van der Waals surface area contributed by atoms with Crippen LogP contribution in [0.2, 0.25) is 0 Å². The van der Waals surface area contributed by atoms with Gasteiger partial charge in [0, 0.05) is 12.0 Å². The number of hydrogen-bond acceptors (Lipinski definition) is 3. The highest BCUT2D eigenvalue weighted by molar-refractivity contribution is 5.93. The van der Waals surface area contributed by atoms with E-state index in [1.54, 1.807) is 13.0 Å². The molecule has 0 aliphatic rings. The van der Waals surface area contributed by atoms with E-state index in [0.717, 1.165) is 63.4 Å². The van der Waals surface area contributed by atoms with Gasteiger partial charge in [-0.3, -0.25) is 4.79 Å². The van der Waals surface area contributed by atoms with Crippen LogP contribution in [-0.4, -0.2) is 18.4 Å². The molecule has 2 aromatic rings. The molecule has 0 unspecified atom stereocenters. The zero-order valence-corrected chi connectivity index (χ0v) is 21.9. The Hall–Kier alpha value is -2.94. The minimum Gasteiger partial charge on any atom is -0.462 e. The minimum absolute atomic E-state index is 0.176. The Balaban J connectivity index is 1.82. The van der Waals surface area contributed by atoms with Gasteiger partial charge in [-0.05, 0) is 72.9 Å². The molecule has 0 atom stereocenters. The van der Waals surface area contributed by atoms with Gasteiger partial charge in [-0.2, -0.15) is 0 Å². The summed E-state index contributed by atoms with van der Waals surface area (Å²) in [5.41, 5.74) is 6.77. The Morgan fingerprint density at radius 1 is 0.914 bits per heavy atom. The molecule has 2 aromatic carbocycles. The van der Waals surface area contributed by atoms with Gasteiger partial charge in [0.1, 0.15) is 0 Å². The molecule has 0 bridgehead atoms. The highest BCUT2D eigenvalue weighted by atomic mass is 16.5. The molecule has 0 radical (unpaired) electrons. The molecule has 0 aromatic heterocycles. The minimum atomic E-state index is -0.319. The maximum atomic E-state index is 12.3. The molecule has 0 saturated heterocycles. The average molecular weight is 475 g/mol. The summed E-state index contributed by atoms with van der Waals surface area (Å²) in [4.78, 5) is 23.7. The largest absolute Gasteiger partial charge is 0.462 e. The number of allylic oxidation sites excluding steroid dienone is 1. The van der Waals surface area contributed by atoms with E-state index in [-0.39, 0.29) is 11.8 Å². The van der Waals surface area contributed by atoms with E-state index >= 15 is 0 Å². The molecule has 0 saturated carbocycles. The van der Waals surface area contributed by atoms with Gasteiger partial charge in [0.25, 0.3) is 0 Å². The quantitative estimate of drug-likeness (QED) is 0.140. The van der Waals surface area contributed by atoms with Crippen molar-refractivity contribution in [3.8, 4) is 11.1 Å². The molecule has 0 aliphatic heterocycles. The van der Waals surface area contributed by atoms with Gasteiger partial charge < -0.3 is 4.74 Å². The van der Waals surface area contributed by atoms with Gasteiger partial charge in [-0.1, -0.05) is 94.7 Å². The van der Waals surface area contributed by atoms with E-state index in [4.69, 9.17) is 4.74 Å². The number of ketones is 1. The van der Waals surface area contributed by atoms with Crippen molar-refractivity contribution in [2.75, 3.05) is 6.61 Å². The van der Waals surface area contributed by atoms with Crippen LogP contribution in [0.25, 0.3) is 17.2 Å². The molecule has 2 rings (SSSR count). The fourth-order valence-corrected chi connectivity index (χ4v) is 3.99. The first-order valence-corrected chi connectivity index (χ1v) is 13.2. The molecule has 0 fully saturated rings. The maximum absolute atomic E-state index is 12.3. The van der Waals surface area contributed by atoms with Crippen LogP contribution < -0.4 is 0 Å². The zero-order valence-electron chi connectivity index (χ0n) is 21.9. The van der Waals surface area contributed by atoms with Crippen LogP contribution in [0.1, 0.15) is 88.8 Å². The second-order valence-corrected chi connectivity index (χ2v) is 9.30. The molecule has 0 aliphatic carbocycles. The summed E-state index contributed by atoms with van der Waals surface area (Å²) < 4.78 is 5.09. The lowest BCUT2D eigenvalue weighted by atomic mass is 9.93. The standard InChI is InChI=1S/C32H42O3/c1-5-7-13-29-24-27(18-22-31(29)28-19-15-26(6-2)16-20-28)17-21-30(33)14-11-9-8-10-12-23-35-32(34)25(3)4/h15-22,24H,3,5-14,23H2,1-2,4H3/b21-17+. The molecular weight excluding hydrogens is 432 g/mol. The normalized spacial score (nSPS) is 11.1. The Labute approximate surface area is 212 Å². The van der Waals surface area contributed by atoms with Crippen molar-refractivity contribution >= 4 is 17.8 Å². The number of esters is 1. The average Bonchev–Trinajstić information content (AvgIpc) is 2.87. The van der Waals surface area contributed by atoms with E-state index in [9.17, 15) is 9.59 Å². The summed E-state index contributed by atoms with van der Waals surface area (Å²) in [6.45, 7) is 10.1. The molecule has 0 spiro atoms. The number of hydrogen-bond donors (Lipinski definition) is 0. The summed E-state index contributed by atoms with van der Waals surface area (Å²) in [5.74, 6) is -0.144. The number of carbonyl (C=O) groups excluding carboxylic acids is 2. The van der Waals surface area contributed by atoms with Gasteiger partial charge >= 0.3 is 5.97 Å². The molecule has 0 N–H and O–H groups in total. The molecule has 35 heavy (non-hydrogen) atoms. The smallest absolute Gasteiger partial charge is 0.333 e. The molecule has 0 amide bonds. The lowest BCUT2D eigenvalue weighted by Crippen LogP contribution is -2.06. The summed E-state index contributed by atoms with van der Waals surface area (Å²) in [5, 5.41) is 0.